The maximum Gasteiger partial charge on any atom is 0.316 e. The summed E-state index contributed by atoms with van der Waals surface area (Å²) >= 11 is 0. The summed E-state index contributed by atoms with van der Waals surface area (Å²) < 4.78 is 12.1. The Kier molecular flexibility index (Phi) is 4.79. The number of rotatable bonds is 3. The average Bonchev–Trinajstić information content (AvgIpc) is 2.70. The second-order valence-corrected chi connectivity index (χ2v) is 6.83. The Hall–Kier alpha value is -2.54. The third-order valence-electron chi connectivity index (χ3n) is 5.13. The van der Waals surface area contributed by atoms with Gasteiger partial charge in [-0.3, -0.25) is 9.78 Å². The van der Waals surface area contributed by atoms with Gasteiger partial charge in [0, 0.05) is 50.7 Å². The van der Waals surface area contributed by atoms with Gasteiger partial charge >= 0.3 is 6.01 Å². The number of likely N-dealkylation sites (tertiary alicyclic amines) is 1. The molecule has 0 bridgehead atoms. The van der Waals surface area contributed by atoms with Crippen molar-refractivity contribution in [2.45, 2.75) is 37.4 Å². The molecular weight excluding hydrogens is 332 g/mol. The standard InChI is InChI=1S/C19H22N4O3/c24-17(15-3-1-7-20-14-15)23-10-5-19(6-11-23)13-16(4-12-25-19)26-18-21-8-2-9-22-18/h1-3,7-9,14,16H,4-6,10-13H2. The zero-order chi connectivity index (χ0) is 17.8. The lowest BCUT2D eigenvalue weighted by atomic mass is 9.83. The van der Waals surface area contributed by atoms with E-state index in [1.807, 2.05) is 4.90 Å². The molecule has 0 saturated carbocycles. The summed E-state index contributed by atoms with van der Waals surface area (Å²) in [4.78, 5) is 26.8. The predicted octanol–water partition coefficient (Wildman–Crippen LogP) is 2.10. The van der Waals surface area contributed by atoms with Gasteiger partial charge in [-0.1, -0.05) is 0 Å². The van der Waals surface area contributed by atoms with Crippen molar-refractivity contribution in [2.24, 2.45) is 0 Å². The molecule has 2 fully saturated rings. The second-order valence-electron chi connectivity index (χ2n) is 6.83. The minimum absolute atomic E-state index is 0.0363. The summed E-state index contributed by atoms with van der Waals surface area (Å²) in [6.45, 7) is 2.03. The average molecular weight is 354 g/mol. The van der Waals surface area contributed by atoms with E-state index in [0.29, 0.717) is 31.3 Å². The van der Waals surface area contributed by atoms with Crippen molar-refractivity contribution < 1.29 is 14.3 Å². The predicted molar refractivity (Wildman–Crippen MR) is 93.7 cm³/mol. The van der Waals surface area contributed by atoms with Crippen molar-refractivity contribution in [1.29, 1.82) is 0 Å². The van der Waals surface area contributed by atoms with Crippen LogP contribution in [0.1, 0.15) is 36.0 Å². The summed E-state index contributed by atoms with van der Waals surface area (Å²) in [6, 6.07) is 5.78. The lowest BCUT2D eigenvalue weighted by Gasteiger charge is -2.45. The molecule has 0 aliphatic carbocycles. The van der Waals surface area contributed by atoms with E-state index < -0.39 is 0 Å². The largest absolute Gasteiger partial charge is 0.460 e. The number of carbonyl (C=O) groups excluding carboxylic acids is 1. The summed E-state index contributed by atoms with van der Waals surface area (Å²) in [5, 5.41) is 0. The zero-order valence-electron chi connectivity index (χ0n) is 14.6. The molecular formula is C19H22N4O3. The SMILES string of the molecule is O=C(c1cccnc1)N1CCC2(CC1)CC(Oc1ncccn1)CCO2. The van der Waals surface area contributed by atoms with E-state index in [1.54, 1.807) is 43.0 Å². The van der Waals surface area contributed by atoms with Crippen LogP contribution in [0.4, 0.5) is 0 Å². The fraction of sp³-hybridized carbons (Fsp3) is 0.474. The quantitative estimate of drug-likeness (QED) is 0.840. The van der Waals surface area contributed by atoms with Crippen LogP contribution in [0.25, 0.3) is 0 Å². The van der Waals surface area contributed by atoms with Crippen molar-refractivity contribution in [3.05, 3.63) is 48.5 Å². The van der Waals surface area contributed by atoms with Crippen LogP contribution in [0.2, 0.25) is 0 Å². The first-order valence-electron chi connectivity index (χ1n) is 9.01. The van der Waals surface area contributed by atoms with Crippen molar-refractivity contribution in [2.75, 3.05) is 19.7 Å². The number of nitrogens with zero attached hydrogens (tertiary/aromatic N) is 4. The molecule has 0 aromatic carbocycles. The van der Waals surface area contributed by atoms with Crippen LogP contribution in [0.5, 0.6) is 6.01 Å². The fourth-order valence-electron chi connectivity index (χ4n) is 3.72. The summed E-state index contributed by atoms with van der Waals surface area (Å²) in [7, 11) is 0. The summed E-state index contributed by atoms with van der Waals surface area (Å²) in [6.07, 6.45) is 9.97. The van der Waals surface area contributed by atoms with Crippen molar-refractivity contribution in [3.63, 3.8) is 0 Å². The maximum atomic E-state index is 12.6. The Morgan fingerprint density at radius 3 is 2.73 bits per heavy atom. The van der Waals surface area contributed by atoms with Gasteiger partial charge in [0.1, 0.15) is 6.10 Å². The second kappa shape index (κ2) is 7.37. The molecule has 2 aromatic rings. The molecule has 7 heteroatoms. The molecule has 4 heterocycles. The van der Waals surface area contributed by atoms with Gasteiger partial charge in [0.15, 0.2) is 0 Å². The monoisotopic (exact) mass is 354 g/mol. The van der Waals surface area contributed by atoms with Crippen LogP contribution in [0.3, 0.4) is 0 Å². The molecule has 26 heavy (non-hydrogen) atoms. The normalized spacial score (nSPS) is 22.2. The van der Waals surface area contributed by atoms with Gasteiger partial charge in [0.25, 0.3) is 5.91 Å². The molecule has 2 aliphatic heterocycles. The van der Waals surface area contributed by atoms with Gasteiger partial charge in [-0.05, 0) is 31.0 Å². The van der Waals surface area contributed by atoms with Crippen molar-refractivity contribution in [1.82, 2.24) is 19.9 Å². The van der Waals surface area contributed by atoms with E-state index in [2.05, 4.69) is 15.0 Å². The minimum Gasteiger partial charge on any atom is -0.460 e. The number of ether oxygens (including phenoxy) is 2. The van der Waals surface area contributed by atoms with Crippen LogP contribution in [0, 0.1) is 0 Å². The molecule has 0 N–H and O–H groups in total. The number of aromatic nitrogens is 3. The molecule has 2 aromatic heterocycles. The highest BCUT2D eigenvalue weighted by Crippen LogP contribution is 2.36. The highest BCUT2D eigenvalue weighted by atomic mass is 16.5. The van der Waals surface area contributed by atoms with E-state index in [9.17, 15) is 4.79 Å². The van der Waals surface area contributed by atoms with Gasteiger partial charge in [-0.2, -0.15) is 0 Å². The van der Waals surface area contributed by atoms with Crippen LogP contribution >= 0.6 is 0 Å². The number of amides is 1. The Labute approximate surface area is 152 Å². The number of pyridine rings is 1. The lowest BCUT2D eigenvalue weighted by molar-refractivity contribution is -0.136. The van der Waals surface area contributed by atoms with Gasteiger partial charge in [0.2, 0.25) is 0 Å². The number of carbonyl (C=O) groups is 1. The molecule has 4 rings (SSSR count). The van der Waals surface area contributed by atoms with Crippen LogP contribution in [-0.4, -0.2) is 57.2 Å². The molecule has 2 saturated heterocycles. The molecule has 0 radical (unpaired) electrons. The number of hydrogen-bond acceptors (Lipinski definition) is 6. The summed E-state index contributed by atoms with van der Waals surface area (Å²) in [5.41, 5.74) is 0.416. The first kappa shape index (κ1) is 16.9. The van der Waals surface area contributed by atoms with Crippen LogP contribution in [0.15, 0.2) is 43.0 Å². The van der Waals surface area contributed by atoms with E-state index in [0.717, 1.165) is 25.7 Å². The Morgan fingerprint density at radius 1 is 1.19 bits per heavy atom. The van der Waals surface area contributed by atoms with Gasteiger partial charge in [-0.15, -0.1) is 0 Å². The first-order chi connectivity index (χ1) is 12.7. The van der Waals surface area contributed by atoms with Gasteiger partial charge in [0.05, 0.1) is 17.8 Å². The first-order valence-corrected chi connectivity index (χ1v) is 9.01. The highest BCUT2D eigenvalue weighted by Gasteiger charge is 2.42. The zero-order valence-corrected chi connectivity index (χ0v) is 14.6. The van der Waals surface area contributed by atoms with E-state index in [4.69, 9.17) is 9.47 Å². The third kappa shape index (κ3) is 3.67. The molecule has 1 atom stereocenters. The van der Waals surface area contributed by atoms with Crippen molar-refractivity contribution in [3.8, 4) is 6.01 Å². The number of hydrogen-bond donors (Lipinski definition) is 0. The molecule has 2 aliphatic rings. The van der Waals surface area contributed by atoms with Crippen LogP contribution in [-0.2, 0) is 4.74 Å². The van der Waals surface area contributed by atoms with Crippen molar-refractivity contribution >= 4 is 5.91 Å². The van der Waals surface area contributed by atoms with E-state index in [1.165, 1.54) is 0 Å². The number of piperidine rings is 1. The molecule has 7 nitrogen and oxygen atoms in total. The molecule has 1 spiro atoms. The molecule has 1 unspecified atom stereocenters. The molecule has 1 amide bonds. The van der Waals surface area contributed by atoms with Gasteiger partial charge < -0.3 is 14.4 Å². The Bertz CT molecular complexity index is 733. The fourth-order valence-corrected chi connectivity index (χ4v) is 3.72. The lowest BCUT2D eigenvalue weighted by Crippen LogP contribution is -2.52. The maximum absolute atomic E-state index is 12.6. The minimum atomic E-state index is -0.219. The Balaban J connectivity index is 1.36. The Morgan fingerprint density at radius 2 is 2.00 bits per heavy atom. The summed E-state index contributed by atoms with van der Waals surface area (Å²) in [5.74, 6) is 0.0363. The van der Waals surface area contributed by atoms with E-state index in [-0.39, 0.29) is 17.6 Å². The third-order valence-corrected chi connectivity index (χ3v) is 5.13. The topological polar surface area (TPSA) is 77.4 Å². The van der Waals surface area contributed by atoms with E-state index >= 15 is 0 Å². The van der Waals surface area contributed by atoms with Gasteiger partial charge in [-0.25, -0.2) is 9.97 Å². The smallest absolute Gasteiger partial charge is 0.316 e. The molecule has 136 valence electrons. The van der Waals surface area contributed by atoms with Crippen LogP contribution < -0.4 is 4.74 Å². The highest BCUT2D eigenvalue weighted by molar-refractivity contribution is 5.93.